The van der Waals surface area contributed by atoms with E-state index < -0.39 is 0 Å². The second kappa shape index (κ2) is 9.73. The number of pyridine rings is 1. The number of nitrogens with zero attached hydrogens (tertiary/aromatic N) is 4. The van der Waals surface area contributed by atoms with E-state index in [0.29, 0.717) is 31.0 Å². The molecule has 0 unspecified atom stereocenters. The summed E-state index contributed by atoms with van der Waals surface area (Å²) in [4.78, 5) is 35.2. The van der Waals surface area contributed by atoms with Crippen LogP contribution in [0.2, 0.25) is 0 Å². The monoisotopic (exact) mass is 420 g/mol. The highest BCUT2D eigenvalue weighted by Crippen LogP contribution is 2.24. The highest BCUT2D eigenvalue weighted by Gasteiger charge is 2.24. The molecule has 7 nitrogen and oxygen atoms in total. The van der Waals surface area contributed by atoms with Gasteiger partial charge in [0.15, 0.2) is 5.65 Å². The summed E-state index contributed by atoms with van der Waals surface area (Å²) >= 11 is 0. The van der Waals surface area contributed by atoms with E-state index in [1.54, 1.807) is 12.5 Å². The van der Waals surface area contributed by atoms with E-state index in [2.05, 4.69) is 22.1 Å². The maximum atomic E-state index is 13.0. The molecule has 3 aromatic rings. The number of imidazole rings is 1. The van der Waals surface area contributed by atoms with Gasteiger partial charge >= 0.3 is 5.97 Å². The molecule has 0 radical (unpaired) electrons. The van der Waals surface area contributed by atoms with Crippen LogP contribution in [0.15, 0.2) is 48.9 Å². The average molecular weight is 421 g/mol. The van der Waals surface area contributed by atoms with E-state index >= 15 is 0 Å². The van der Waals surface area contributed by atoms with Gasteiger partial charge in [-0.05, 0) is 43.2 Å². The predicted octanol–water partition coefficient (Wildman–Crippen LogP) is 3.48. The van der Waals surface area contributed by atoms with E-state index in [1.807, 2.05) is 33.7 Å². The summed E-state index contributed by atoms with van der Waals surface area (Å²) in [6, 6.07) is 12.2. The number of carbonyl (C=O) groups is 2. The Morgan fingerprint density at radius 3 is 2.65 bits per heavy atom. The zero-order valence-corrected chi connectivity index (χ0v) is 17.9. The van der Waals surface area contributed by atoms with Gasteiger partial charge < -0.3 is 14.2 Å². The number of ether oxygens (including phenoxy) is 1. The maximum Gasteiger partial charge on any atom is 0.305 e. The standard InChI is InChI=1S/C24H28N4O3/c1-31-22(29)8-7-19-9-12-27(13-10-19)24(30)20-15-21-23(25-16-20)28(17-26-21)14-11-18-5-3-2-4-6-18/h2-6,15-17,19H,7-14H2,1H3. The lowest BCUT2D eigenvalue weighted by Crippen LogP contribution is -2.38. The first kappa shape index (κ1) is 21.0. The third-order valence-electron chi connectivity index (χ3n) is 6.07. The summed E-state index contributed by atoms with van der Waals surface area (Å²) in [5.74, 6) is 0.296. The van der Waals surface area contributed by atoms with E-state index in [4.69, 9.17) is 4.74 Å². The highest BCUT2D eigenvalue weighted by atomic mass is 16.5. The van der Waals surface area contributed by atoms with Crippen molar-refractivity contribution in [3.63, 3.8) is 0 Å². The van der Waals surface area contributed by atoms with Gasteiger partial charge in [-0.1, -0.05) is 30.3 Å². The molecule has 31 heavy (non-hydrogen) atoms. The first-order valence-corrected chi connectivity index (χ1v) is 10.8. The van der Waals surface area contributed by atoms with Gasteiger partial charge in [0.1, 0.15) is 5.52 Å². The van der Waals surface area contributed by atoms with Crippen molar-refractivity contribution in [2.24, 2.45) is 5.92 Å². The van der Waals surface area contributed by atoms with E-state index in [1.165, 1.54) is 12.7 Å². The molecular weight excluding hydrogens is 392 g/mol. The fourth-order valence-corrected chi connectivity index (χ4v) is 4.15. The van der Waals surface area contributed by atoms with Gasteiger partial charge in [-0.3, -0.25) is 9.59 Å². The van der Waals surface area contributed by atoms with Gasteiger partial charge in [-0.15, -0.1) is 0 Å². The summed E-state index contributed by atoms with van der Waals surface area (Å²) in [6.45, 7) is 2.20. The molecule has 1 amide bonds. The van der Waals surface area contributed by atoms with Crippen molar-refractivity contribution in [3.8, 4) is 0 Å². The molecule has 1 aliphatic rings. The van der Waals surface area contributed by atoms with E-state index in [9.17, 15) is 9.59 Å². The number of methoxy groups -OCH3 is 1. The fraction of sp³-hybridized carbons (Fsp3) is 0.417. The number of fused-ring (bicyclic) bond motifs is 1. The van der Waals surface area contributed by atoms with Crippen molar-refractivity contribution in [2.75, 3.05) is 20.2 Å². The van der Waals surface area contributed by atoms with Gasteiger partial charge in [0.05, 0.1) is 19.0 Å². The molecule has 4 rings (SSSR count). The average Bonchev–Trinajstić information content (AvgIpc) is 3.24. The minimum atomic E-state index is -0.166. The first-order chi connectivity index (χ1) is 15.1. The zero-order valence-electron chi connectivity index (χ0n) is 17.9. The van der Waals surface area contributed by atoms with Crippen LogP contribution < -0.4 is 0 Å². The summed E-state index contributed by atoms with van der Waals surface area (Å²) in [5, 5.41) is 0. The minimum Gasteiger partial charge on any atom is -0.469 e. The number of amides is 1. The molecule has 0 bridgehead atoms. The Balaban J connectivity index is 1.35. The van der Waals surface area contributed by atoms with Gasteiger partial charge in [0.25, 0.3) is 5.91 Å². The summed E-state index contributed by atoms with van der Waals surface area (Å²) in [6.07, 6.45) is 7.44. The number of rotatable bonds is 7. The number of hydrogen-bond acceptors (Lipinski definition) is 5. The molecule has 2 aromatic heterocycles. The quantitative estimate of drug-likeness (QED) is 0.547. The second-order valence-corrected chi connectivity index (χ2v) is 8.09. The number of hydrogen-bond donors (Lipinski definition) is 0. The number of aromatic nitrogens is 3. The Bertz CT molecular complexity index is 1040. The van der Waals surface area contributed by atoms with Gasteiger partial charge in [0, 0.05) is 32.3 Å². The molecule has 0 atom stereocenters. The lowest BCUT2D eigenvalue weighted by atomic mass is 9.92. The largest absolute Gasteiger partial charge is 0.469 e. The van der Waals surface area contributed by atoms with Crippen molar-refractivity contribution in [1.82, 2.24) is 19.4 Å². The number of benzene rings is 1. The third kappa shape index (κ3) is 5.10. The molecule has 3 heterocycles. The van der Waals surface area contributed by atoms with Crippen LogP contribution in [0.4, 0.5) is 0 Å². The first-order valence-electron chi connectivity index (χ1n) is 10.8. The molecule has 0 spiro atoms. The van der Waals surface area contributed by atoms with Gasteiger partial charge in [-0.2, -0.15) is 0 Å². The Hall–Kier alpha value is -3.22. The molecule has 1 fully saturated rings. The normalized spacial score (nSPS) is 14.7. The molecule has 0 aliphatic carbocycles. The van der Waals surface area contributed by atoms with Crippen LogP contribution in [0.25, 0.3) is 11.2 Å². The Labute approximate surface area is 182 Å². The summed E-state index contributed by atoms with van der Waals surface area (Å²) in [5.41, 5.74) is 3.39. The fourth-order valence-electron chi connectivity index (χ4n) is 4.15. The lowest BCUT2D eigenvalue weighted by Gasteiger charge is -2.31. The number of likely N-dealkylation sites (tertiary alicyclic amines) is 1. The Morgan fingerprint density at radius 1 is 1.13 bits per heavy atom. The predicted molar refractivity (Wildman–Crippen MR) is 118 cm³/mol. The molecular formula is C24H28N4O3. The summed E-state index contributed by atoms with van der Waals surface area (Å²) < 4.78 is 6.75. The van der Waals surface area contributed by atoms with E-state index in [-0.39, 0.29) is 11.9 Å². The maximum absolute atomic E-state index is 13.0. The Morgan fingerprint density at radius 2 is 1.90 bits per heavy atom. The van der Waals surface area contributed by atoms with Crippen LogP contribution in [0, 0.1) is 5.92 Å². The van der Waals surface area contributed by atoms with Gasteiger partial charge in [0.2, 0.25) is 0 Å². The molecule has 1 aromatic carbocycles. The molecule has 0 N–H and O–H groups in total. The second-order valence-electron chi connectivity index (χ2n) is 8.09. The molecule has 1 saturated heterocycles. The lowest BCUT2D eigenvalue weighted by molar-refractivity contribution is -0.141. The van der Waals surface area contributed by atoms with Crippen LogP contribution >= 0.6 is 0 Å². The van der Waals surface area contributed by atoms with Crippen molar-refractivity contribution in [2.45, 2.75) is 38.6 Å². The number of aryl methyl sites for hydroxylation is 2. The Kier molecular flexibility index (Phi) is 6.60. The minimum absolute atomic E-state index is 0.000321. The van der Waals surface area contributed by atoms with Crippen LogP contribution in [-0.4, -0.2) is 51.5 Å². The van der Waals surface area contributed by atoms with Crippen molar-refractivity contribution in [3.05, 3.63) is 60.0 Å². The van der Waals surface area contributed by atoms with E-state index in [0.717, 1.165) is 43.4 Å². The summed E-state index contributed by atoms with van der Waals surface area (Å²) in [7, 11) is 1.42. The highest BCUT2D eigenvalue weighted by molar-refractivity contribution is 5.96. The van der Waals surface area contributed by atoms with Crippen molar-refractivity contribution in [1.29, 1.82) is 0 Å². The van der Waals surface area contributed by atoms with Crippen LogP contribution in [-0.2, 0) is 22.5 Å². The van der Waals surface area contributed by atoms with Crippen molar-refractivity contribution >= 4 is 23.0 Å². The molecule has 7 heteroatoms. The van der Waals surface area contributed by atoms with Crippen LogP contribution in [0.5, 0.6) is 0 Å². The third-order valence-corrected chi connectivity index (χ3v) is 6.07. The van der Waals surface area contributed by atoms with Crippen molar-refractivity contribution < 1.29 is 14.3 Å². The van der Waals surface area contributed by atoms with Crippen LogP contribution in [0.1, 0.15) is 41.6 Å². The SMILES string of the molecule is COC(=O)CCC1CCN(C(=O)c2cnc3c(c2)ncn3CCc2ccccc2)CC1. The topological polar surface area (TPSA) is 77.3 Å². The molecule has 1 aliphatic heterocycles. The molecule has 0 saturated carbocycles. The smallest absolute Gasteiger partial charge is 0.305 e. The van der Waals surface area contributed by atoms with Gasteiger partial charge in [-0.25, -0.2) is 9.97 Å². The number of piperidine rings is 1. The molecule has 162 valence electrons. The number of carbonyl (C=O) groups excluding carboxylic acids is 2. The van der Waals surface area contributed by atoms with Crippen LogP contribution in [0.3, 0.4) is 0 Å². The zero-order chi connectivity index (χ0) is 21.6. The number of esters is 1.